The highest BCUT2D eigenvalue weighted by molar-refractivity contribution is 14.0. The third-order valence-electron chi connectivity index (χ3n) is 5.26. The van der Waals surface area contributed by atoms with Gasteiger partial charge in [-0.1, -0.05) is 25.7 Å². The fourth-order valence-electron chi connectivity index (χ4n) is 3.78. The van der Waals surface area contributed by atoms with E-state index in [4.69, 9.17) is 9.73 Å². The molecule has 1 saturated carbocycles. The molecular weight excluding hydrogens is 467 g/mol. The van der Waals surface area contributed by atoms with E-state index in [1.807, 2.05) is 6.07 Å². The minimum Gasteiger partial charge on any atom is -0.376 e. The molecule has 1 aliphatic carbocycles. The van der Waals surface area contributed by atoms with Crippen molar-refractivity contribution >= 4 is 35.9 Å². The number of anilines is 1. The van der Waals surface area contributed by atoms with Gasteiger partial charge in [-0.15, -0.1) is 24.0 Å². The van der Waals surface area contributed by atoms with Crippen LogP contribution >= 0.6 is 24.0 Å². The quantitative estimate of drug-likeness (QED) is 0.212. The van der Waals surface area contributed by atoms with Gasteiger partial charge < -0.3 is 19.9 Å². The van der Waals surface area contributed by atoms with Gasteiger partial charge in [-0.3, -0.25) is 4.99 Å². The fourth-order valence-corrected chi connectivity index (χ4v) is 3.78. The Balaban J connectivity index is 0.00000280. The number of halogens is 1. The first-order valence-electron chi connectivity index (χ1n) is 10.5. The van der Waals surface area contributed by atoms with Crippen LogP contribution in [0.4, 0.5) is 5.95 Å². The number of rotatable bonds is 6. The number of hydrogen-bond donors (Lipinski definition) is 1. The van der Waals surface area contributed by atoms with Crippen molar-refractivity contribution < 1.29 is 4.74 Å². The lowest BCUT2D eigenvalue weighted by Crippen LogP contribution is -2.53. The Kier molecular flexibility index (Phi) is 10.8. The predicted molar refractivity (Wildman–Crippen MR) is 125 cm³/mol. The highest BCUT2D eigenvalue weighted by Crippen LogP contribution is 2.19. The number of ether oxygens (including phenoxy) is 1. The lowest BCUT2D eigenvalue weighted by molar-refractivity contribution is 0.0486. The van der Waals surface area contributed by atoms with E-state index in [-0.39, 0.29) is 24.0 Å². The summed E-state index contributed by atoms with van der Waals surface area (Å²) in [6.07, 6.45) is 11.8. The molecule has 0 unspecified atom stereocenters. The van der Waals surface area contributed by atoms with Gasteiger partial charge in [0.05, 0.1) is 19.3 Å². The average molecular weight is 502 g/mol. The van der Waals surface area contributed by atoms with Gasteiger partial charge in [0, 0.05) is 45.1 Å². The Morgan fingerprint density at radius 1 is 1.11 bits per heavy atom. The van der Waals surface area contributed by atoms with Gasteiger partial charge >= 0.3 is 0 Å². The Labute approximate surface area is 186 Å². The van der Waals surface area contributed by atoms with E-state index in [1.54, 1.807) is 12.4 Å². The molecule has 2 fully saturated rings. The maximum atomic E-state index is 6.08. The van der Waals surface area contributed by atoms with E-state index in [1.165, 1.54) is 38.5 Å². The van der Waals surface area contributed by atoms with Gasteiger partial charge in [0.1, 0.15) is 0 Å². The monoisotopic (exact) mass is 502 g/mol. The van der Waals surface area contributed by atoms with Crippen LogP contribution in [-0.2, 0) is 4.74 Å². The van der Waals surface area contributed by atoms with Crippen LogP contribution in [0.25, 0.3) is 0 Å². The van der Waals surface area contributed by atoms with E-state index in [0.29, 0.717) is 6.10 Å². The molecule has 0 amide bonds. The SMILES string of the molecule is CCNC(=NCCOC1CCCCCC1)N1CCN(c2ncccn2)CC1.I. The molecule has 1 aromatic heterocycles. The van der Waals surface area contributed by atoms with Gasteiger partial charge in [0.15, 0.2) is 5.96 Å². The summed E-state index contributed by atoms with van der Waals surface area (Å²) >= 11 is 0. The molecule has 28 heavy (non-hydrogen) atoms. The van der Waals surface area contributed by atoms with E-state index in [2.05, 4.69) is 32.0 Å². The summed E-state index contributed by atoms with van der Waals surface area (Å²) in [6.45, 7) is 8.11. The van der Waals surface area contributed by atoms with Crippen LogP contribution in [0.1, 0.15) is 45.4 Å². The highest BCUT2D eigenvalue weighted by Gasteiger charge is 2.21. The molecule has 7 nitrogen and oxygen atoms in total. The predicted octanol–water partition coefficient (Wildman–Crippen LogP) is 2.92. The van der Waals surface area contributed by atoms with Gasteiger partial charge in [-0.25, -0.2) is 9.97 Å². The molecule has 8 heteroatoms. The Hall–Kier alpha value is -1.16. The van der Waals surface area contributed by atoms with Crippen LogP contribution in [0.5, 0.6) is 0 Å². The smallest absolute Gasteiger partial charge is 0.225 e. The lowest BCUT2D eigenvalue weighted by atomic mass is 10.1. The van der Waals surface area contributed by atoms with Gasteiger partial charge in [0.2, 0.25) is 5.95 Å². The lowest BCUT2D eigenvalue weighted by Gasteiger charge is -2.36. The summed E-state index contributed by atoms with van der Waals surface area (Å²) in [5.41, 5.74) is 0. The normalized spacial score (nSPS) is 19.1. The first kappa shape index (κ1) is 23.1. The standard InChI is InChI=1S/C20H34N6O.HI/c1-2-21-19(24-12-17-27-18-8-5-3-4-6-9-18)25-13-15-26(16-14-25)20-22-10-7-11-23-20;/h7,10-11,18H,2-6,8-9,12-17H2,1H3,(H,21,24);1H. The zero-order valence-electron chi connectivity index (χ0n) is 17.1. The summed E-state index contributed by atoms with van der Waals surface area (Å²) in [6, 6.07) is 1.85. The molecule has 0 atom stereocenters. The summed E-state index contributed by atoms with van der Waals surface area (Å²) in [5, 5.41) is 3.43. The minimum absolute atomic E-state index is 0. The van der Waals surface area contributed by atoms with Crippen molar-refractivity contribution in [2.24, 2.45) is 4.99 Å². The number of aliphatic imine (C=N–C) groups is 1. The van der Waals surface area contributed by atoms with Crippen molar-refractivity contribution in [3.05, 3.63) is 18.5 Å². The first-order valence-corrected chi connectivity index (χ1v) is 10.5. The molecule has 0 spiro atoms. The molecule has 2 aliphatic rings. The van der Waals surface area contributed by atoms with Crippen LogP contribution in [0.15, 0.2) is 23.5 Å². The summed E-state index contributed by atoms with van der Waals surface area (Å²) in [7, 11) is 0. The van der Waals surface area contributed by atoms with Gasteiger partial charge in [-0.2, -0.15) is 0 Å². The van der Waals surface area contributed by atoms with E-state index < -0.39 is 0 Å². The van der Waals surface area contributed by atoms with Crippen molar-refractivity contribution in [3.8, 4) is 0 Å². The zero-order valence-corrected chi connectivity index (χ0v) is 19.4. The minimum atomic E-state index is 0. The number of nitrogens with zero attached hydrogens (tertiary/aromatic N) is 5. The Bertz CT molecular complexity index is 557. The van der Waals surface area contributed by atoms with Gasteiger partial charge in [-0.05, 0) is 25.8 Å². The maximum Gasteiger partial charge on any atom is 0.225 e. The van der Waals surface area contributed by atoms with Crippen LogP contribution in [0.3, 0.4) is 0 Å². The number of guanidine groups is 1. The number of piperazine rings is 1. The number of hydrogen-bond acceptors (Lipinski definition) is 5. The molecule has 1 aromatic rings. The Morgan fingerprint density at radius 2 is 1.79 bits per heavy atom. The van der Waals surface area contributed by atoms with Crippen LogP contribution < -0.4 is 10.2 Å². The highest BCUT2D eigenvalue weighted by atomic mass is 127. The Morgan fingerprint density at radius 3 is 2.43 bits per heavy atom. The molecule has 3 rings (SSSR count). The molecule has 1 aliphatic heterocycles. The molecule has 158 valence electrons. The molecule has 1 saturated heterocycles. The van der Waals surface area contributed by atoms with E-state index in [0.717, 1.165) is 57.8 Å². The summed E-state index contributed by atoms with van der Waals surface area (Å²) in [5.74, 6) is 1.81. The summed E-state index contributed by atoms with van der Waals surface area (Å²) < 4.78 is 6.08. The topological polar surface area (TPSA) is 65.9 Å². The second kappa shape index (κ2) is 13.1. The summed E-state index contributed by atoms with van der Waals surface area (Å²) in [4.78, 5) is 18.1. The zero-order chi connectivity index (χ0) is 18.7. The van der Waals surface area contributed by atoms with Crippen molar-refractivity contribution in [1.29, 1.82) is 0 Å². The average Bonchev–Trinajstić information content (AvgIpc) is 3.00. The third kappa shape index (κ3) is 7.35. The molecule has 2 heterocycles. The largest absolute Gasteiger partial charge is 0.376 e. The molecule has 0 radical (unpaired) electrons. The van der Waals surface area contributed by atoms with Crippen LogP contribution in [0.2, 0.25) is 0 Å². The first-order chi connectivity index (χ1) is 13.4. The van der Waals surface area contributed by atoms with Crippen LogP contribution in [0, 0.1) is 0 Å². The van der Waals surface area contributed by atoms with Crippen LogP contribution in [-0.4, -0.2) is 72.8 Å². The second-order valence-corrected chi connectivity index (χ2v) is 7.24. The van der Waals surface area contributed by atoms with Crippen molar-refractivity contribution in [3.63, 3.8) is 0 Å². The van der Waals surface area contributed by atoms with Crippen molar-refractivity contribution in [2.75, 3.05) is 50.8 Å². The molecule has 0 bridgehead atoms. The van der Waals surface area contributed by atoms with E-state index in [9.17, 15) is 0 Å². The molecule has 0 aromatic carbocycles. The molecule has 1 N–H and O–H groups in total. The van der Waals surface area contributed by atoms with Gasteiger partial charge in [0.25, 0.3) is 0 Å². The number of nitrogens with one attached hydrogen (secondary N) is 1. The second-order valence-electron chi connectivity index (χ2n) is 7.24. The van der Waals surface area contributed by atoms with Crippen molar-refractivity contribution in [1.82, 2.24) is 20.2 Å². The molecular formula is C20H35IN6O. The third-order valence-corrected chi connectivity index (χ3v) is 5.26. The maximum absolute atomic E-state index is 6.08. The fraction of sp³-hybridized carbons (Fsp3) is 0.750. The number of aromatic nitrogens is 2. The van der Waals surface area contributed by atoms with Crippen molar-refractivity contribution in [2.45, 2.75) is 51.6 Å². The van der Waals surface area contributed by atoms with E-state index >= 15 is 0 Å².